The molecule has 3 atom stereocenters. The normalized spacial score (nSPS) is 24.8. The van der Waals surface area contributed by atoms with E-state index in [4.69, 9.17) is 4.74 Å². The number of fused-ring (bicyclic) bond motifs is 3. The van der Waals surface area contributed by atoms with E-state index in [1.165, 1.54) is 0 Å². The first-order chi connectivity index (χ1) is 13.9. The topological polar surface area (TPSA) is 88.2 Å². The lowest BCUT2D eigenvalue weighted by Gasteiger charge is -2.37. The molecule has 0 amide bonds. The third-order valence-electron chi connectivity index (χ3n) is 6.08. The fraction of sp³-hybridized carbons (Fsp3) is 0.429. The number of ether oxygens (including phenoxy) is 1. The highest BCUT2D eigenvalue weighted by atomic mass is 32.2. The number of aromatic amines is 1. The van der Waals surface area contributed by atoms with E-state index in [0.29, 0.717) is 35.0 Å². The highest BCUT2D eigenvalue weighted by Crippen LogP contribution is 2.41. The quantitative estimate of drug-likeness (QED) is 0.710. The maximum Gasteiger partial charge on any atom is 0.247 e. The second-order valence-electron chi connectivity index (χ2n) is 8.04. The number of pyridine rings is 1. The lowest BCUT2D eigenvalue weighted by Crippen LogP contribution is -2.49. The molecule has 29 heavy (non-hydrogen) atoms. The fourth-order valence-electron chi connectivity index (χ4n) is 4.88. The van der Waals surface area contributed by atoms with Gasteiger partial charge in [0.25, 0.3) is 0 Å². The van der Waals surface area contributed by atoms with E-state index in [9.17, 15) is 8.42 Å². The van der Waals surface area contributed by atoms with Gasteiger partial charge in [-0.3, -0.25) is 5.10 Å². The molecule has 1 unspecified atom stereocenters. The van der Waals surface area contributed by atoms with Crippen molar-refractivity contribution in [3.8, 4) is 5.88 Å². The molecule has 152 valence electrons. The van der Waals surface area contributed by atoms with Crippen molar-refractivity contribution in [2.45, 2.75) is 62.6 Å². The average Bonchev–Trinajstić information content (AvgIpc) is 3.18. The van der Waals surface area contributed by atoms with E-state index in [-0.39, 0.29) is 18.2 Å². The van der Waals surface area contributed by atoms with Crippen molar-refractivity contribution in [3.63, 3.8) is 0 Å². The molecule has 0 aliphatic carbocycles. The summed E-state index contributed by atoms with van der Waals surface area (Å²) in [4.78, 5) is 4.93. The summed E-state index contributed by atoms with van der Waals surface area (Å²) < 4.78 is 34.7. The molecule has 7 nitrogen and oxygen atoms in total. The zero-order valence-electron chi connectivity index (χ0n) is 16.5. The van der Waals surface area contributed by atoms with Crippen molar-refractivity contribution in [1.82, 2.24) is 19.5 Å². The predicted molar refractivity (Wildman–Crippen MR) is 109 cm³/mol. The zero-order valence-corrected chi connectivity index (χ0v) is 17.3. The summed E-state index contributed by atoms with van der Waals surface area (Å²) in [6.45, 7) is 3.50. The zero-order chi connectivity index (χ0) is 20.2. The van der Waals surface area contributed by atoms with Crippen LogP contribution in [0.1, 0.15) is 37.1 Å². The van der Waals surface area contributed by atoms with Gasteiger partial charge in [0.1, 0.15) is 11.0 Å². The summed E-state index contributed by atoms with van der Waals surface area (Å²) in [5, 5.41) is 7.95. The number of aromatic nitrogens is 3. The summed E-state index contributed by atoms with van der Waals surface area (Å²) in [5.74, 6) is 0.603. The number of H-pyrrole nitrogens is 1. The maximum atomic E-state index is 13.4. The van der Waals surface area contributed by atoms with Crippen molar-refractivity contribution in [1.29, 1.82) is 0 Å². The van der Waals surface area contributed by atoms with Crippen LogP contribution in [0.15, 0.2) is 41.3 Å². The summed E-state index contributed by atoms with van der Waals surface area (Å²) in [6, 6.07) is 11.8. The van der Waals surface area contributed by atoms with Crippen LogP contribution in [-0.4, -0.2) is 46.1 Å². The monoisotopic (exact) mass is 412 g/mol. The molecule has 3 aromatic rings. The number of sulfonamides is 1. The van der Waals surface area contributed by atoms with Gasteiger partial charge in [-0.25, -0.2) is 13.4 Å². The van der Waals surface area contributed by atoms with Crippen molar-refractivity contribution in [3.05, 3.63) is 47.8 Å². The van der Waals surface area contributed by atoms with Gasteiger partial charge >= 0.3 is 0 Å². The molecule has 1 aromatic carbocycles. The van der Waals surface area contributed by atoms with Crippen LogP contribution in [0, 0.1) is 13.8 Å². The Morgan fingerprint density at radius 1 is 1.07 bits per heavy atom. The van der Waals surface area contributed by atoms with Crippen molar-refractivity contribution in [2.24, 2.45) is 0 Å². The average molecular weight is 413 g/mol. The Morgan fingerprint density at radius 2 is 1.79 bits per heavy atom. The molecule has 2 bridgehead atoms. The van der Waals surface area contributed by atoms with Gasteiger partial charge in [-0.2, -0.15) is 9.40 Å². The SMILES string of the molecule is Cc1n[nH]c(C)c1S(=O)(=O)N1[C@@H]2CC[C@H]1CC(Oc1ccc3ccccc3n1)C2. The molecule has 5 rings (SSSR count). The third kappa shape index (κ3) is 3.11. The molecule has 2 saturated heterocycles. The molecule has 2 fully saturated rings. The van der Waals surface area contributed by atoms with Gasteiger partial charge in [-0.1, -0.05) is 18.2 Å². The minimum absolute atomic E-state index is 0.0286. The van der Waals surface area contributed by atoms with Gasteiger partial charge in [-0.05, 0) is 38.8 Å². The van der Waals surface area contributed by atoms with Crippen LogP contribution < -0.4 is 4.74 Å². The Balaban J connectivity index is 1.37. The lowest BCUT2D eigenvalue weighted by molar-refractivity contribution is 0.0921. The van der Waals surface area contributed by atoms with E-state index < -0.39 is 10.0 Å². The molecule has 2 aromatic heterocycles. The standard InChI is InChI=1S/C21H24N4O3S/c1-13-21(14(2)24-23-13)29(26,27)25-16-8-9-17(25)12-18(11-16)28-20-10-7-15-5-3-4-6-19(15)22-20/h3-7,10,16-18H,8-9,11-12H2,1-2H3,(H,23,24)/t16-,17+,18?. The minimum atomic E-state index is -3.57. The van der Waals surface area contributed by atoms with E-state index in [0.717, 1.165) is 23.7 Å². The molecular formula is C21H24N4O3S. The lowest BCUT2D eigenvalue weighted by atomic mass is 10.0. The number of aryl methyl sites for hydroxylation is 2. The minimum Gasteiger partial charge on any atom is -0.474 e. The Morgan fingerprint density at radius 3 is 2.48 bits per heavy atom. The molecule has 1 N–H and O–H groups in total. The number of hydrogen-bond acceptors (Lipinski definition) is 5. The highest BCUT2D eigenvalue weighted by Gasteiger charge is 2.49. The highest BCUT2D eigenvalue weighted by molar-refractivity contribution is 7.89. The summed E-state index contributed by atoms with van der Waals surface area (Å²) in [7, 11) is -3.57. The number of para-hydroxylation sites is 1. The first-order valence-corrected chi connectivity index (χ1v) is 11.4. The molecule has 8 heteroatoms. The van der Waals surface area contributed by atoms with Crippen LogP contribution in [-0.2, 0) is 10.0 Å². The van der Waals surface area contributed by atoms with E-state index in [1.54, 1.807) is 18.2 Å². The largest absolute Gasteiger partial charge is 0.474 e. The molecule has 0 radical (unpaired) electrons. The molecule has 0 saturated carbocycles. The van der Waals surface area contributed by atoms with Crippen LogP contribution in [0.3, 0.4) is 0 Å². The number of piperidine rings is 1. The number of nitrogens with one attached hydrogen (secondary N) is 1. The van der Waals surface area contributed by atoms with Crippen LogP contribution in [0.4, 0.5) is 0 Å². The van der Waals surface area contributed by atoms with Crippen LogP contribution in [0.25, 0.3) is 10.9 Å². The smallest absolute Gasteiger partial charge is 0.247 e. The first-order valence-electron chi connectivity index (χ1n) is 10.0. The van der Waals surface area contributed by atoms with Gasteiger partial charge in [-0.15, -0.1) is 0 Å². The summed E-state index contributed by atoms with van der Waals surface area (Å²) in [5.41, 5.74) is 2.03. The Kier molecular flexibility index (Phi) is 4.36. The van der Waals surface area contributed by atoms with E-state index in [1.807, 2.05) is 36.4 Å². The van der Waals surface area contributed by atoms with E-state index >= 15 is 0 Å². The van der Waals surface area contributed by atoms with Crippen molar-refractivity contribution < 1.29 is 13.2 Å². The Bertz CT molecular complexity index is 1140. The third-order valence-corrected chi connectivity index (χ3v) is 8.35. The maximum absolute atomic E-state index is 13.4. The Labute approximate surface area is 170 Å². The number of nitrogens with zero attached hydrogens (tertiary/aromatic N) is 3. The van der Waals surface area contributed by atoms with Gasteiger partial charge in [0.15, 0.2) is 0 Å². The van der Waals surface area contributed by atoms with Gasteiger partial charge in [0.2, 0.25) is 15.9 Å². The summed E-state index contributed by atoms with van der Waals surface area (Å²) >= 11 is 0. The summed E-state index contributed by atoms with van der Waals surface area (Å²) in [6.07, 6.45) is 3.06. The Hall–Kier alpha value is -2.45. The fourth-order valence-corrected chi connectivity index (χ4v) is 7.11. The predicted octanol–water partition coefficient (Wildman–Crippen LogP) is 3.34. The van der Waals surface area contributed by atoms with Crippen LogP contribution >= 0.6 is 0 Å². The van der Waals surface area contributed by atoms with Gasteiger partial charge < -0.3 is 4.74 Å². The number of rotatable bonds is 4. The first kappa shape index (κ1) is 18.6. The second-order valence-corrected chi connectivity index (χ2v) is 9.82. The van der Waals surface area contributed by atoms with Crippen molar-refractivity contribution >= 4 is 20.9 Å². The molecule has 0 spiro atoms. The second kappa shape index (κ2) is 6.81. The molecule has 4 heterocycles. The van der Waals surface area contributed by atoms with E-state index in [2.05, 4.69) is 15.2 Å². The molecular weight excluding hydrogens is 388 g/mol. The van der Waals surface area contributed by atoms with Gasteiger partial charge in [0, 0.05) is 36.4 Å². The molecule has 2 aliphatic heterocycles. The van der Waals surface area contributed by atoms with Crippen molar-refractivity contribution in [2.75, 3.05) is 0 Å². The molecule has 2 aliphatic rings. The number of benzene rings is 1. The number of hydrogen-bond donors (Lipinski definition) is 1. The van der Waals surface area contributed by atoms with Crippen LogP contribution in [0.5, 0.6) is 5.88 Å². The van der Waals surface area contributed by atoms with Crippen LogP contribution in [0.2, 0.25) is 0 Å². The van der Waals surface area contributed by atoms with Gasteiger partial charge in [0.05, 0.1) is 16.9 Å².